The fourth-order valence-corrected chi connectivity index (χ4v) is 4.47. The number of benzene rings is 4. The molecule has 0 heterocycles. The quantitative estimate of drug-likeness (QED) is 0.233. The SMILES string of the molecule is COc1ccc(CN(C(=O)COc2ccccc2Cl)[C@@H](Cc2ccccc2)C(=O)NCc2ccc(C)cc2)cc1. The number of hydrogen-bond acceptors (Lipinski definition) is 4. The van der Waals surface area contributed by atoms with Gasteiger partial charge in [-0.15, -0.1) is 0 Å². The van der Waals surface area contributed by atoms with Crippen LogP contribution in [0.15, 0.2) is 103 Å². The Labute approximate surface area is 240 Å². The molecular formula is C33H33ClN2O4. The van der Waals surface area contributed by atoms with Crippen molar-refractivity contribution < 1.29 is 19.1 Å². The Hall–Kier alpha value is -4.29. The zero-order valence-corrected chi connectivity index (χ0v) is 23.4. The lowest BCUT2D eigenvalue weighted by molar-refractivity contribution is -0.142. The Balaban J connectivity index is 1.61. The molecule has 40 heavy (non-hydrogen) atoms. The van der Waals surface area contributed by atoms with E-state index in [2.05, 4.69) is 5.32 Å². The first-order valence-electron chi connectivity index (χ1n) is 13.1. The molecule has 0 aliphatic heterocycles. The highest BCUT2D eigenvalue weighted by Crippen LogP contribution is 2.24. The predicted octanol–water partition coefficient (Wildman–Crippen LogP) is 5.99. The molecule has 2 amide bonds. The van der Waals surface area contributed by atoms with Gasteiger partial charge < -0.3 is 19.7 Å². The van der Waals surface area contributed by atoms with Crippen LogP contribution >= 0.6 is 11.6 Å². The number of carbonyl (C=O) groups excluding carboxylic acids is 2. The minimum absolute atomic E-state index is 0.212. The first-order chi connectivity index (χ1) is 19.4. The molecule has 1 N–H and O–H groups in total. The topological polar surface area (TPSA) is 67.9 Å². The smallest absolute Gasteiger partial charge is 0.261 e. The number of amides is 2. The summed E-state index contributed by atoms with van der Waals surface area (Å²) in [7, 11) is 1.60. The molecule has 0 spiro atoms. The fourth-order valence-electron chi connectivity index (χ4n) is 4.28. The molecule has 4 aromatic carbocycles. The van der Waals surface area contributed by atoms with E-state index < -0.39 is 6.04 Å². The van der Waals surface area contributed by atoms with Gasteiger partial charge in [-0.2, -0.15) is 0 Å². The van der Waals surface area contributed by atoms with E-state index in [0.29, 0.717) is 29.5 Å². The number of rotatable bonds is 12. The number of halogens is 1. The summed E-state index contributed by atoms with van der Waals surface area (Å²) in [6, 6.07) is 31.3. The summed E-state index contributed by atoms with van der Waals surface area (Å²) >= 11 is 6.25. The van der Waals surface area contributed by atoms with Crippen molar-refractivity contribution in [1.29, 1.82) is 0 Å². The van der Waals surface area contributed by atoms with Crippen LogP contribution in [-0.4, -0.2) is 36.5 Å². The lowest BCUT2D eigenvalue weighted by Gasteiger charge is -2.31. The number of hydrogen-bond donors (Lipinski definition) is 1. The molecule has 0 aliphatic rings. The van der Waals surface area contributed by atoms with Crippen LogP contribution in [0, 0.1) is 6.92 Å². The van der Waals surface area contributed by atoms with Crippen LogP contribution in [0.1, 0.15) is 22.3 Å². The molecule has 0 saturated carbocycles. The molecule has 4 rings (SSSR count). The highest BCUT2D eigenvalue weighted by Gasteiger charge is 2.30. The second kappa shape index (κ2) is 14.2. The van der Waals surface area contributed by atoms with Crippen LogP contribution in [-0.2, 0) is 29.1 Å². The first kappa shape index (κ1) is 28.7. The first-order valence-corrected chi connectivity index (χ1v) is 13.5. The van der Waals surface area contributed by atoms with Crippen molar-refractivity contribution >= 4 is 23.4 Å². The normalized spacial score (nSPS) is 11.4. The number of para-hydroxylation sites is 1. The second-order valence-electron chi connectivity index (χ2n) is 9.50. The monoisotopic (exact) mass is 556 g/mol. The maximum Gasteiger partial charge on any atom is 0.261 e. The Morgan fingerprint density at radius 2 is 1.48 bits per heavy atom. The van der Waals surface area contributed by atoms with E-state index in [0.717, 1.165) is 22.3 Å². The Morgan fingerprint density at radius 1 is 0.825 bits per heavy atom. The van der Waals surface area contributed by atoms with Gasteiger partial charge in [0.1, 0.15) is 17.5 Å². The molecular weight excluding hydrogens is 524 g/mol. The fraction of sp³-hybridized carbons (Fsp3) is 0.212. The number of carbonyl (C=O) groups is 2. The van der Waals surface area contributed by atoms with Gasteiger partial charge in [0.15, 0.2) is 6.61 Å². The predicted molar refractivity (Wildman–Crippen MR) is 157 cm³/mol. The van der Waals surface area contributed by atoms with Crippen LogP contribution in [0.3, 0.4) is 0 Å². The number of ether oxygens (including phenoxy) is 2. The highest BCUT2D eigenvalue weighted by atomic mass is 35.5. The zero-order valence-electron chi connectivity index (χ0n) is 22.7. The number of nitrogens with zero attached hydrogens (tertiary/aromatic N) is 1. The summed E-state index contributed by atoms with van der Waals surface area (Å²) in [5.74, 6) is 0.539. The van der Waals surface area contributed by atoms with Gasteiger partial charge >= 0.3 is 0 Å². The molecule has 7 heteroatoms. The van der Waals surface area contributed by atoms with Crippen molar-refractivity contribution in [1.82, 2.24) is 10.2 Å². The van der Waals surface area contributed by atoms with E-state index in [1.54, 1.807) is 36.3 Å². The minimum Gasteiger partial charge on any atom is -0.497 e. The van der Waals surface area contributed by atoms with Gasteiger partial charge in [0.05, 0.1) is 12.1 Å². The zero-order chi connectivity index (χ0) is 28.3. The lowest BCUT2D eigenvalue weighted by atomic mass is 10.0. The van der Waals surface area contributed by atoms with Gasteiger partial charge in [-0.3, -0.25) is 9.59 Å². The van der Waals surface area contributed by atoms with Crippen molar-refractivity contribution in [3.05, 3.63) is 130 Å². The van der Waals surface area contributed by atoms with E-state index in [9.17, 15) is 9.59 Å². The van der Waals surface area contributed by atoms with E-state index in [-0.39, 0.29) is 25.0 Å². The summed E-state index contributed by atoms with van der Waals surface area (Å²) in [5, 5.41) is 3.46. The standard InChI is InChI=1S/C33H33ClN2O4/c1-24-12-14-26(15-13-24)21-35-33(38)30(20-25-8-4-3-5-9-25)36(22-27-16-18-28(39-2)19-17-27)32(37)23-40-31-11-7-6-10-29(31)34/h3-19,30H,20-23H2,1-2H3,(H,35,38)/t30-/m0/s1. The van der Waals surface area contributed by atoms with Gasteiger partial charge in [-0.05, 0) is 47.9 Å². The van der Waals surface area contributed by atoms with Crippen LogP contribution in [0.2, 0.25) is 5.02 Å². The molecule has 0 aromatic heterocycles. The molecule has 0 radical (unpaired) electrons. The minimum atomic E-state index is -0.780. The molecule has 0 bridgehead atoms. The average molecular weight is 557 g/mol. The van der Waals surface area contributed by atoms with E-state index in [1.165, 1.54) is 0 Å². The summed E-state index contributed by atoms with van der Waals surface area (Å²) in [5.41, 5.74) is 3.92. The van der Waals surface area contributed by atoms with E-state index in [4.69, 9.17) is 21.1 Å². The molecule has 1 atom stereocenters. The average Bonchev–Trinajstić information content (AvgIpc) is 2.98. The van der Waals surface area contributed by atoms with Crippen molar-refractivity contribution in [2.45, 2.75) is 32.5 Å². The highest BCUT2D eigenvalue weighted by molar-refractivity contribution is 6.32. The summed E-state index contributed by atoms with van der Waals surface area (Å²) in [6.07, 6.45) is 0.342. The molecule has 0 aliphatic carbocycles. The van der Waals surface area contributed by atoms with Gasteiger partial charge in [-0.1, -0.05) is 96.0 Å². The third kappa shape index (κ3) is 8.10. The van der Waals surface area contributed by atoms with E-state index >= 15 is 0 Å². The summed E-state index contributed by atoms with van der Waals surface area (Å²) in [6.45, 7) is 2.32. The van der Waals surface area contributed by atoms with Crippen LogP contribution in [0.4, 0.5) is 0 Å². The number of aryl methyl sites for hydroxylation is 1. The second-order valence-corrected chi connectivity index (χ2v) is 9.90. The van der Waals surface area contributed by atoms with Gasteiger partial charge in [0.2, 0.25) is 5.91 Å². The maximum atomic E-state index is 13.8. The maximum absolute atomic E-state index is 13.8. The Kier molecular flexibility index (Phi) is 10.2. The lowest BCUT2D eigenvalue weighted by Crippen LogP contribution is -2.51. The van der Waals surface area contributed by atoms with Crippen LogP contribution in [0.25, 0.3) is 0 Å². The molecule has 206 valence electrons. The van der Waals surface area contributed by atoms with Crippen molar-refractivity contribution in [2.75, 3.05) is 13.7 Å². The summed E-state index contributed by atoms with van der Waals surface area (Å²) in [4.78, 5) is 29.1. The van der Waals surface area contributed by atoms with Crippen molar-refractivity contribution in [2.24, 2.45) is 0 Å². The molecule has 0 fully saturated rings. The van der Waals surface area contributed by atoms with Gasteiger partial charge in [-0.25, -0.2) is 0 Å². The van der Waals surface area contributed by atoms with E-state index in [1.807, 2.05) is 85.8 Å². The molecule has 4 aromatic rings. The number of nitrogens with one attached hydrogen (secondary N) is 1. The summed E-state index contributed by atoms with van der Waals surface area (Å²) < 4.78 is 11.1. The Bertz CT molecular complexity index is 1390. The largest absolute Gasteiger partial charge is 0.497 e. The van der Waals surface area contributed by atoms with Gasteiger partial charge in [0.25, 0.3) is 5.91 Å². The molecule has 0 unspecified atom stereocenters. The molecule has 6 nitrogen and oxygen atoms in total. The van der Waals surface area contributed by atoms with Crippen molar-refractivity contribution in [3.8, 4) is 11.5 Å². The van der Waals surface area contributed by atoms with Crippen molar-refractivity contribution in [3.63, 3.8) is 0 Å². The third-order valence-corrected chi connectivity index (χ3v) is 6.87. The van der Waals surface area contributed by atoms with Gasteiger partial charge in [0, 0.05) is 19.5 Å². The third-order valence-electron chi connectivity index (χ3n) is 6.56. The Morgan fingerprint density at radius 3 is 2.15 bits per heavy atom. The van der Waals surface area contributed by atoms with Crippen LogP contribution in [0.5, 0.6) is 11.5 Å². The number of methoxy groups -OCH3 is 1. The van der Waals surface area contributed by atoms with Crippen LogP contribution < -0.4 is 14.8 Å². The molecule has 0 saturated heterocycles.